The fraction of sp³-hybridized carbons (Fsp3) is 0.556. The minimum atomic E-state index is 0.000000000000000444. The maximum absolute atomic E-state index is 11.9. The van der Waals surface area contributed by atoms with E-state index >= 15 is 0 Å². The Morgan fingerprint density at radius 3 is 2.64 bits per heavy atom. The van der Waals surface area contributed by atoms with Crippen LogP contribution in [0.25, 0.3) is 0 Å². The molecule has 5 heteroatoms. The first-order chi connectivity index (χ1) is 6.70. The number of hydrogen-bond donors (Lipinski definition) is 1. The van der Waals surface area contributed by atoms with Gasteiger partial charge in [0.2, 0.25) is 0 Å². The number of aryl methyl sites for hydroxylation is 1. The highest BCUT2D eigenvalue weighted by Gasteiger charge is 2.23. The van der Waals surface area contributed by atoms with Gasteiger partial charge in [0.15, 0.2) is 0 Å². The van der Waals surface area contributed by atoms with Gasteiger partial charge in [-0.25, -0.2) is 0 Å². The number of nitrogens with zero attached hydrogens (tertiary/aromatic N) is 3. The summed E-state index contributed by atoms with van der Waals surface area (Å²) in [4.78, 5) is 13.8. The van der Waals surface area contributed by atoms with Gasteiger partial charge in [0, 0.05) is 20.1 Å². The minimum absolute atomic E-state index is 0.000000000000000444. The van der Waals surface area contributed by atoms with Crippen molar-refractivity contribution in [3.05, 3.63) is 11.9 Å². The number of carbonyl (C=O) groups excluding carboxylic acids is 1. The summed E-state index contributed by atoms with van der Waals surface area (Å²) in [7, 11) is 1.74. The van der Waals surface area contributed by atoms with Gasteiger partial charge in [-0.15, -0.1) is 0 Å². The first-order valence-electron chi connectivity index (χ1n) is 4.77. The molecule has 2 heterocycles. The molecular weight excluding hydrogens is 180 g/mol. The standard InChI is InChI=1S/C9H14N4O/c1-12-8(7(10)6-11-12)9(14)13-4-2-3-5-13/h6H,2-5,10H2,1H3. The number of anilines is 1. The first kappa shape index (κ1) is 9.05. The molecule has 1 aromatic rings. The van der Waals surface area contributed by atoms with Gasteiger partial charge in [-0.2, -0.15) is 5.10 Å². The molecule has 0 saturated carbocycles. The second-order valence-corrected chi connectivity index (χ2v) is 3.57. The van der Waals surface area contributed by atoms with Crippen LogP contribution in [-0.4, -0.2) is 33.7 Å². The number of amides is 1. The van der Waals surface area contributed by atoms with Crippen LogP contribution >= 0.6 is 0 Å². The lowest BCUT2D eigenvalue weighted by Crippen LogP contribution is -2.30. The Hall–Kier alpha value is -1.52. The summed E-state index contributed by atoms with van der Waals surface area (Å²) in [6.07, 6.45) is 3.69. The molecule has 0 aliphatic carbocycles. The number of carbonyl (C=O) groups is 1. The minimum Gasteiger partial charge on any atom is -0.396 e. The number of nitrogen functional groups attached to an aromatic ring is 1. The molecule has 0 radical (unpaired) electrons. The molecule has 1 aliphatic heterocycles. The van der Waals surface area contributed by atoms with E-state index in [0.29, 0.717) is 11.4 Å². The first-order valence-corrected chi connectivity index (χ1v) is 4.77. The molecule has 2 rings (SSSR count). The van der Waals surface area contributed by atoms with Crippen molar-refractivity contribution in [2.75, 3.05) is 18.8 Å². The molecule has 0 bridgehead atoms. The van der Waals surface area contributed by atoms with Crippen molar-refractivity contribution in [2.24, 2.45) is 7.05 Å². The molecule has 0 unspecified atom stereocenters. The third-order valence-electron chi connectivity index (χ3n) is 2.56. The SMILES string of the molecule is Cn1ncc(N)c1C(=O)N1CCCC1. The molecule has 0 atom stereocenters. The average Bonchev–Trinajstić information content (AvgIpc) is 2.75. The topological polar surface area (TPSA) is 64.2 Å². The van der Waals surface area contributed by atoms with Crippen molar-refractivity contribution in [2.45, 2.75) is 12.8 Å². The molecular formula is C9H14N4O. The molecule has 1 saturated heterocycles. The molecule has 0 spiro atoms. The van der Waals surface area contributed by atoms with Crippen molar-refractivity contribution in [3.8, 4) is 0 Å². The van der Waals surface area contributed by atoms with Crippen LogP contribution in [0.3, 0.4) is 0 Å². The molecule has 0 aromatic carbocycles. The van der Waals surface area contributed by atoms with Gasteiger partial charge in [-0.1, -0.05) is 0 Å². The van der Waals surface area contributed by atoms with Crippen molar-refractivity contribution in [3.63, 3.8) is 0 Å². The summed E-state index contributed by atoms with van der Waals surface area (Å²) in [5.41, 5.74) is 6.65. The Morgan fingerprint density at radius 2 is 2.14 bits per heavy atom. The Kier molecular flexibility index (Phi) is 2.15. The highest BCUT2D eigenvalue weighted by atomic mass is 16.2. The smallest absolute Gasteiger partial charge is 0.274 e. The van der Waals surface area contributed by atoms with E-state index in [4.69, 9.17) is 5.73 Å². The number of likely N-dealkylation sites (tertiary alicyclic amines) is 1. The third kappa shape index (κ3) is 1.34. The second-order valence-electron chi connectivity index (χ2n) is 3.57. The van der Waals surface area contributed by atoms with E-state index < -0.39 is 0 Å². The van der Waals surface area contributed by atoms with Gasteiger partial charge in [0.25, 0.3) is 5.91 Å². The van der Waals surface area contributed by atoms with Crippen molar-refractivity contribution >= 4 is 11.6 Å². The number of nitrogens with two attached hydrogens (primary N) is 1. The number of hydrogen-bond acceptors (Lipinski definition) is 3. The summed E-state index contributed by atoms with van der Waals surface area (Å²) >= 11 is 0. The Labute approximate surface area is 82.5 Å². The zero-order valence-electron chi connectivity index (χ0n) is 8.23. The summed E-state index contributed by atoms with van der Waals surface area (Å²) in [5, 5.41) is 3.95. The summed E-state index contributed by atoms with van der Waals surface area (Å²) in [6.45, 7) is 1.67. The summed E-state index contributed by atoms with van der Waals surface area (Å²) in [6, 6.07) is 0. The van der Waals surface area contributed by atoms with Crippen LogP contribution in [0, 0.1) is 0 Å². The van der Waals surface area contributed by atoms with E-state index in [-0.39, 0.29) is 5.91 Å². The maximum atomic E-state index is 11.9. The van der Waals surface area contributed by atoms with E-state index in [9.17, 15) is 4.79 Å². The average molecular weight is 194 g/mol. The lowest BCUT2D eigenvalue weighted by Gasteiger charge is -2.15. The largest absolute Gasteiger partial charge is 0.396 e. The fourth-order valence-electron chi connectivity index (χ4n) is 1.79. The number of aromatic nitrogens is 2. The summed E-state index contributed by atoms with van der Waals surface area (Å²) in [5.74, 6) is 0.000000000000000444. The van der Waals surface area contributed by atoms with Crippen LogP contribution < -0.4 is 5.73 Å². The Morgan fingerprint density at radius 1 is 1.50 bits per heavy atom. The predicted octanol–water partition coefficient (Wildman–Crippen LogP) is 0.238. The van der Waals surface area contributed by atoms with Gasteiger partial charge in [-0.3, -0.25) is 9.48 Å². The highest BCUT2D eigenvalue weighted by molar-refractivity contribution is 5.97. The van der Waals surface area contributed by atoms with Crippen molar-refractivity contribution in [1.29, 1.82) is 0 Å². The predicted molar refractivity (Wildman–Crippen MR) is 52.8 cm³/mol. The fourth-order valence-corrected chi connectivity index (χ4v) is 1.79. The summed E-state index contributed by atoms with van der Waals surface area (Å²) < 4.78 is 1.54. The second kappa shape index (κ2) is 3.32. The van der Waals surface area contributed by atoms with Crippen LogP contribution in [0.4, 0.5) is 5.69 Å². The lowest BCUT2D eigenvalue weighted by atomic mass is 10.3. The lowest BCUT2D eigenvalue weighted by molar-refractivity contribution is 0.0783. The van der Waals surface area contributed by atoms with Crippen LogP contribution in [0.5, 0.6) is 0 Å². The van der Waals surface area contributed by atoms with Crippen LogP contribution in [0.2, 0.25) is 0 Å². The monoisotopic (exact) mass is 194 g/mol. The van der Waals surface area contributed by atoms with Crippen LogP contribution in [0.1, 0.15) is 23.3 Å². The van der Waals surface area contributed by atoms with Gasteiger partial charge < -0.3 is 10.6 Å². The molecule has 1 fully saturated rings. The van der Waals surface area contributed by atoms with E-state index in [1.165, 1.54) is 10.9 Å². The molecule has 1 amide bonds. The van der Waals surface area contributed by atoms with Crippen LogP contribution in [-0.2, 0) is 7.05 Å². The zero-order chi connectivity index (χ0) is 10.1. The van der Waals surface area contributed by atoms with Crippen molar-refractivity contribution < 1.29 is 4.79 Å². The van der Waals surface area contributed by atoms with Gasteiger partial charge >= 0.3 is 0 Å². The van der Waals surface area contributed by atoms with Gasteiger partial charge in [-0.05, 0) is 12.8 Å². The van der Waals surface area contributed by atoms with E-state index in [1.807, 2.05) is 4.90 Å². The van der Waals surface area contributed by atoms with Gasteiger partial charge in [0.05, 0.1) is 11.9 Å². The quantitative estimate of drug-likeness (QED) is 0.696. The van der Waals surface area contributed by atoms with Gasteiger partial charge in [0.1, 0.15) is 5.69 Å². The third-order valence-corrected chi connectivity index (χ3v) is 2.56. The van der Waals surface area contributed by atoms with Crippen molar-refractivity contribution in [1.82, 2.24) is 14.7 Å². The van der Waals surface area contributed by atoms with E-state index in [1.54, 1.807) is 7.05 Å². The Balaban J connectivity index is 2.25. The molecule has 1 aromatic heterocycles. The van der Waals surface area contributed by atoms with Crippen LogP contribution in [0.15, 0.2) is 6.20 Å². The van der Waals surface area contributed by atoms with E-state index in [0.717, 1.165) is 25.9 Å². The number of rotatable bonds is 1. The zero-order valence-corrected chi connectivity index (χ0v) is 8.23. The molecule has 5 nitrogen and oxygen atoms in total. The molecule has 1 aliphatic rings. The Bertz CT molecular complexity index is 332. The highest BCUT2D eigenvalue weighted by Crippen LogP contribution is 2.16. The maximum Gasteiger partial charge on any atom is 0.274 e. The molecule has 14 heavy (non-hydrogen) atoms. The molecule has 76 valence electrons. The normalized spacial score (nSPS) is 16.2. The van der Waals surface area contributed by atoms with E-state index in [2.05, 4.69) is 5.10 Å². The molecule has 2 N–H and O–H groups in total.